The zero-order valence-corrected chi connectivity index (χ0v) is 20.1. The fourth-order valence-electron chi connectivity index (χ4n) is 3.07. The number of alkyl halides is 3. The molecule has 0 aliphatic carbocycles. The zero-order valence-electron chi connectivity index (χ0n) is 19.3. The molecule has 0 fully saturated rings. The van der Waals surface area contributed by atoms with Crippen LogP contribution >= 0.6 is 11.6 Å². The zero-order chi connectivity index (χ0) is 26.8. The number of carbonyl (C=O) groups excluding carboxylic acids is 2. The molecule has 190 valence electrons. The van der Waals surface area contributed by atoms with E-state index in [1.165, 1.54) is 39.3 Å². The maximum Gasteiger partial charge on any atom is 0.573 e. The quantitative estimate of drug-likeness (QED) is 0.274. The van der Waals surface area contributed by atoms with Crippen LogP contribution in [0.1, 0.15) is 38.9 Å². The van der Waals surface area contributed by atoms with E-state index in [4.69, 9.17) is 21.1 Å². The second-order valence-corrected chi connectivity index (χ2v) is 7.94. The summed E-state index contributed by atoms with van der Waals surface area (Å²) in [6.45, 7) is 4.28. The minimum absolute atomic E-state index is 0.0362. The largest absolute Gasteiger partial charge is 0.573 e. The molecule has 0 radical (unpaired) electrons. The number of rotatable bonds is 7. The summed E-state index contributed by atoms with van der Waals surface area (Å²) in [5, 5.41) is 2.47. The number of ether oxygens (including phenoxy) is 3. The number of Topliss-reactive ketones (excluding diaryl/α,β-unsaturated/α-hetero) is 1. The lowest BCUT2D eigenvalue weighted by molar-refractivity contribution is -0.274. The Labute approximate surface area is 207 Å². The van der Waals surface area contributed by atoms with Gasteiger partial charge in [-0.3, -0.25) is 14.6 Å². The Bertz CT molecular complexity index is 1350. The van der Waals surface area contributed by atoms with Crippen LogP contribution in [0.2, 0.25) is 5.02 Å². The van der Waals surface area contributed by atoms with Crippen molar-refractivity contribution in [3.05, 3.63) is 69.8 Å². The van der Waals surface area contributed by atoms with Gasteiger partial charge >= 0.3 is 6.36 Å². The molecule has 0 aliphatic heterocycles. The molecule has 0 unspecified atom stereocenters. The minimum Gasteiger partial charge on any atom is -0.493 e. The molecule has 3 aromatic rings. The Morgan fingerprint density at radius 2 is 1.75 bits per heavy atom. The third-order valence-corrected chi connectivity index (χ3v) is 5.33. The van der Waals surface area contributed by atoms with Crippen LogP contribution in [-0.4, -0.2) is 30.1 Å². The van der Waals surface area contributed by atoms with Gasteiger partial charge in [-0.05, 0) is 37.6 Å². The van der Waals surface area contributed by atoms with Crippen LogP contribution in [0, 0.1) is 19.7 Å². The number of hydrogen-bond acceptors (Lipinski definition) is 6. The molecule has 0 aliphatic rings. The number of aryl methyl sites for hydroxylation is 1. The second kappa shape index (κ2) is 10.4. The average molecular weight is 527 g/mol. The van der Waals surface area contributed by atoms with Crippen molar-refractivity contribution < 1.29 is 41.4 Å². The first-order chi connectivity index (χ1) is 16.8. The first kappa shape index (κ1) is 26.7. The van der Waals surface area contributed by atoms with E-state index in [1.54, 1.807) is 6.92 Å². The van der Waals surface area contributed by atoms with Gasteiger partial charge < -0.3 is 19.5 Å². The van der Waals surface area contributed by atoms with Gasteiger partial charge in [0.15, 0.2) is 17.3 Å². The number of amides is 1. The topological polar surface area (TPSA) is 86.8 Å². The fraction of sp³-hybridized carbons (Fsp3) is 0.208. The van der Waals surface area contributed by atoms with Gasteiger partial charge in [0.2, 0.25) is 0 Å². The Kier molecular flexibility index (Phi) is 7.73. The molecular formula is C24H19ClF4N2O5. The second-order valence-electron chi connectivity index (χ2n) is 7.53. The van der Waals surface area contributed by atoms with Gasteiger partial charge in [-0.1, -0.05) is 11.6 Å². The van der Waals surface area contributed by atoms with Crippen molar-refractivity contribution in [2.24, 2.45) is 0 Å². The molecule has 0 atom stereocenters. The summed E-state index contributed by atoms with van der Waals surface area (Å²) in [5.74, 6) is -3.48. The third-order valence-electron chi connectivity index (χ3n) is 4.94. The molecule has 3 rings (SSSR count). The molecule has 2 aromatic carbocycles. The number of nitrogens with zero attached hydrogens (tertiary/aromatic N) is 1. The van der Waals surface area contributed by atoms with Gasteiger partial charge in [-0.15, -0.1) is 13.2 Å². The van der Waals surface area contributed by atoms with Crippen LogP contribution in [0.3, 0.4) is 0 Å². The lowest BCUT2D eigenvalue weighted by atomic mass is 10.1. The Morgan fingerprint density at radius 3 is 2.36 bits per heavy atom. The van der Waals surface area contributed by atoms with Crippen LogP contribution in [0.5, 0.6) is 23.0 Å². The molecule has 0 saturated carbocycles. The highest BCUT2D eigenvalue weighted by Gasteiger charge is 2.31. The number of nitrogens with one attached hydrogen (secondary N) is 1. The highest BCUT2D eigenvalue weighted by atomic mass is 35.5. The molecule has 36 heavy (non-hydrogen) atoms. The van der Waals surface area contributed by atoms with Crippen LogP contribution in [0.4, 0.5) is 23.2 Å². The lowest BCUT2D eigenvalue weighted by Gasteiger charge is -2.17. The summed E-state index contributed by atoms with van der Waals surface area (Å²) >= 11 is 6.10. The normalized spacial score (nSPS) is 11.1. The predicted octanol–water partition coefficient (Wildman–Crippen LogP) is 6.65. The van der Waals surface area contributed by atoms with E-state index in [0.29, 0.717) is 5.56 Å². The van der Waals surface area contributed by atoms with Crippen LogP contribution < -0.4 is 19.5 Å². The van der Waals surface area contributed by atoms with Crippen molar-refractivity contribution >= 4 is 29.0 Å². The van der Waals surface area contributed by atoms with Crippen LogP contribution in [0.15, 0.2) is 36.5 Å². The number of anilines is 1. The molecule has 1 amide bonds. The van der Waals surface area contributed by atoms with Crippen molar-refractivity contribution in [2.75, 3.05) is 12.4 Å². The van der Waals surface area contributed by atoms with Gasteiger partial charge in [0.1, 0.15) is 28.6 Å². The van der Waals surface area contributed by atoms with E-state index in [9.17, 15) is 22.8 Å². The van der Waals surface area contributed by atoms with E-state index in [2.05, 4.69) is 15.0 Å². The molecule has 0 bridgehead atoms. The van der Waals surface area contributed by atoms with Gasteiger partial charge in [-0.25, -0.2) is 4.39 Å². The summed E-state index contributed by atoms with van der Waals surface area (Å²) in [4.78, 5) is 28.8. The smallest absolute Gasteiger partial charge is 0.493 e. The highest BCUT2D eigenvalue weighted by molar-refractivity contribution is 6.31. The van der Waals surface area contributed by atoms with E-state index in [1.807, 2.05) is 0 Å². The van der Waals surface area contributed by atoms with E-state index < -0.39 is 29.4 Å². The minimum atomic E-state index is -4.93. The van der Waals surface area contributed by atoms with Gasteiger partial charge in [0, 0.05) is 36.5 Å². The predicted molar refractivity (Wildman–Crippen MR) is 123 cm³/mol. The molecule has 1 heterocycles. The maximum absolute atomic E-state index is 15.3. The van der Waals surface area contributed by atoms with E-state index in [-0.39, 0.29) is 45.0 Å². The number of hydrogen-bond donors (Lipinski definition) is 1. The Morgan fingerprint density at radius 1 is 1.06 bits per heavy atom. The first-order valence-corrected chi connectivity index (χ1v) is 10.6. The van der Waals surface area contributed by atoms with Gasteiger partial charge in [0.05, 0.1) is 12.1 Å². The number of pyridine rings is 1. The standard InChI is InChI=1S/C24H19ClF4N2O5/c1-11-10-30-17(13(3)32)9-16(11)31-23(33)21-20(8-15(25)12(2)22(21)26)35-18-6-5-14(7-19(18)34-4)36-24(27,28)29/h5-10H,1-4H3,(H,30,31,33). The summed E-state index contributed by atoms with van der Waals surface area (Å²) in [6.07, 6.45) is -3.55. The summed E-state index contributed by atoms with van der Waals surface area (Å²) in [6, 6.07) is 5.51. The van der Waals surface area contributed by atoms with Crippen molar-refractivity contribution in [3.8, 4) is 23.0 Å². The van der Waals surface area contributed by atoms with E-state index in [0.717, 1.165) is 18.2 Å². The molecular weight excluding hydrogens is 508 g/mol. The first-order valence-electron chi connectivity index (χ1n) is 10.2. The molecule has 7 nitrogen and oxygen atoms in total. The third kappa shape index (κ3) is 6.03. The number of benzene rings is 2. The van der Waals surface area contributed by atoms with Gasteiger partial charge in [-0.2, -0.15) is 0 Å². The average Bonchev–Trinajstić information content (AvgIpc) is 2.78. The molecule has 1 aromatic heterocycles. The molecule has 1 N–H and O–H groups in total. The summed E-state index contributed by atoms with van der Waals surface area (Å²) < 4.78 is 67.5. The number of carbonyl (C=O) groups is 2. The van der Waals surface area contributed by atoms with Crippen LogP contribution in [0.25, 0.3) is 0 Å². The Hall–Kier alpha value is -3.86. The van der Waals surface area contributed by atoms with Crippen molar-refractivity contribution in [3.63, 3.8) is 0 Å². The maximum atomic E-state index is 15.3. The van der Waals surface area contributed by atoms with Crippen molar-refractivity contribution in [1.82, 2.24) is 4.98 Å². The highest BCUT2D eigenvalue weighted by Crippen LogP contribution is 2.40. The summed E-state index contributed by atoms with van der Waals surface area (Å²) in [5.41, 5.74) is 0.236. The number of ketones is 1. The van der Waals surface area contributed by atoms with Crippen molar-refractivity contribution in [2.45, 2.75) is 27.1 Å². The van der Waals surface area contributed by atoms with E-state index >= 15 is 4.39 Å². The molecule has 0 spiro atoms. The Balaban J connectivity index is 2.03. The van der Waals surface area contributed by atoms with Gasteiger partial charge in [0.25, 0.3) is 5.91 Å². The lowest BCUT2D eigenvalue weighted by Crippen LogP contribution is -2.17. The summed E-state index contributed by atoms with van der Waals surface area (Å²) in [7, 11) is 1.18. The number of methoxy groups -OCH3 is 1. The number of aromatic nitrogens is 1. The number of halogens is 5. The van der Waals surface area contributed by atoms with Crippen molar-refractivity contribution in [1.29, 1.82) is 0 Å². The fourth-order valence-corrected chi connectivity index (χ4v) is 3.25. The molecule has 12 heteroatoms. The monoisotopic (exact) mass is 526 g/mol. The SMILES string of the molecule is COc1cc(OC(F)(F)F)ccc1Oc1cc(Cl)c(C)c(F)c1C(=O)Nc1cc(C(C)=O)ncc1C. The molecule has 0 saturated heterocycles. The van der Waals surface area contributed by atoms with Crippen LogP contribution in [-0.2, 0) is 0 Å².